The summed E-state index contributed by atoms with van der Waals surface area (Å²) in [4.78, 5) is 11.9. The lowest BCUT2D eigenvalue weighted by atomic mass is 10.00. The third-order valence-electron chi connectivity index (χ3n) is 6.52. The molecule has 11 heteroatoms. The summed E-state index contributed by atoms with van der Waals surface area (Å²) in [6, 6.07) is 0. The van der Waals surface area contributed by atoms with Gasteiger partial charge in [0.2, 0.25) is 0 Å². The van der Waals surface area contributed by atoms with E-state index in [2.05, 4.69) is 19.1 Å². The van der Waals surface area contributed by atoms with Gasteiger partial charge < -0.3 is 29.5 Å². The topological polar surface area (TPSA) is 160 Å². The van der Waals surface area contributed by atoms with Crippen LogP contribution in [0.1, 0.15) is 103 Å². The zero-order chi connectivity index (χ0) is 28.2. The Balaban J connectivity index is 2.00. The molecule has 0 radical (unpaired) electrons. The number of rotatable bonds is 22. The molecule has 0 aromatic carbocycles. The van der Waals surface area contributed by atoms with Gasteiger partial charge in [-0.05, 0) is 32.1 Å². The molecule has 38 heavy (non-hydrogen) atoms. The van der Waals surface area contributed by atoms with Crippen LogP contribution in [-0.2, 0) is 29.1 Å². The third kappa shape index (κ3) is 16.8. The molecule has 1 heterocycles. The average molecular weight is 567 g/mol. The normalized spacial score (nSPS) is 24.2. The molecule has 0 aromatic rings. The Morgan fingerprint density at radius 2 is 1.37 bits per heavy atom. The average Bonchev–Trinajstić information content (AvgIpc) is 2.86. The van der Waals surface area contributed by atoms with Crippen LogP contribution in [-0.4, -0.2) is 83.9 Å². The maximum absolute atomic E-state index is 11.9. The van der Waals surface area contributed by atoms with Crippen LogP contribution < -0.4 is 0 Å². The molecule has 0 saturated carbocycles. The lowest BCUT2D eigenvalue weighted by molar-refractivity contribution is -0.292. The molecule has 0 aliphatic carbocycles. The Morgan fingerprint density at radius 3 is 1.97 bits per heavy atom. The van der Waals surface area contributed by atoms with Crippen LogP contribution >= 0.6 is 0 Å². The first-order valence-corrected chi connectivity index (χ1v) is 15.8. The SMILES string of the molecule is CCCCCCCC/C=C\CCCCCCCC(=O)OCCCO[C@H]1O[C@H](CS(=O)(=O)O)[C@@H](O)[C@H](O)[C@H]1O. The van der Waals surface area contributed by atoms with E-state index in [4.69, 9.17) is 18.8 Å². The smallest absolute Gasteiger partial charge is 0.305 e. The molecule has 1 aliphatic rings. The van der Waals surface area contributed by atoms with E-state index < -0.39 is 46.6 Å². The van der Waals surface area contributed by atoms with Crippen LogP contribution in [0.2, 0.25) is 0 Å². The summed E-state index contributed by atoms with van der Waals surface area (Å²) in [6.45, 7) is 2.35. The van der Waals surface area contributed by atoms with E-state index in [0.29, 0.717) is 12.8 Å². The first kappa shape index (κ1) is 34.9. The second kappa shape index (κ2) is 20.8. The van der Waals surface area contributed by atoms with Crippen LogP contribution in [0.25, 0.3) is 0 Å². The van der Waals surface area contributed by atoms with Crippen LogP contribution in [0, 0.1) is 0 Å². The van der Waals surface area contributed by atoms with Crippen molar-refractivity contribution < 1.29 is 47.3 Å². The Bertz CT molecular complexity index is 742. The Hall–Kier alpha value is -1.08. The molecule has 224 valence electrons. The monoisotopic (exact) mass is 566 g/mol. The fourth-order valence-corrected chi connectivity index (χ4v) is 4.95. The minimum atomic E-state index is -4.48. The van der Waals surface area contributed by atoms with Crippen molar-refractivity contribution in [2.45, 2.75) is 134 Å². The molecular weight excluding hydrogens is 516 g/mol. The summed E-state index contributed by atoms with van der Waals surface area (Å²) in [7, 11) is -4.48. The zero-order valence-corrected chi connectivity index (χ0v) is 23.7. The maximum atomic E-state index is 11.9. The highest BCUT2D eigenvalue weighted by atomic mass is 32.2. The zero-order valence-electron chi connectivity index (χ0n) is 22.9. The number of esters is 1. The van der Waals surface area contributed by atoms with E-state index in [1.165, 1.54) is 51.4 Å². The minimum Gasteiger partial charge on any atom is -0.466 e. The van der Waals surface area contributed by atoms with Gasteiger partial charge in [-0.2, -0.15) is 8.42 Å². The number of aliphatic hydroxyl groups excluding tert-OH is 3. The predicted octanol–water partition coefficient (Wildman–Crippen LogP) is 3.67. The summed E-state index contributed by atoms with van der Waals surface area (Å²) >= 11 is 0. The van der Waals surface area contributed by atoms with Gasteiger partial charge in [-0.25, -0.2) is 0 Å². The van der Waals surface area contributed by atoms with E-state index in [1.807, 2.05) is 0 Å². The van der Waals surface area contributed by atoms with Gasteiger partial charge >= 0.3 is 5.97 Å². The van der Waals surface area contributed by atoms with Crippen molar-refractivity contribution in [3.8, 4) is 0 Å². The summed E-state index contributed by atoms with van der Waals surface area (Å²) < 4.78 is 46.7. The summed E-state index contributed by atoms with van der Waals surface area (Å²) in [5.74, 6) is -1.24. The number of allylic oxidation sites excluding steroid dienone is 2. The van der Waals surface area contributed by atoms with E-state index in [9.17, 15) is 28.5 Å². The van der Waals surface area contributed by atoms with E-state index in [-0.39, 0.29) is 19.2 Å². The Kier molecular flexibility index (Phi) is 19.1. The number of carbonyl (C=O) groups is 1. The Morgan fingerprint density at radius 1 is 0.789 bits per heavy atom. The van der Waals surface area contributed by atoms with Gasteiger partial charge in [-0.15, -0.1) is 0 Å². The second-order valence-corrected chi connectivity index (χ2v) is 11.5. The van der Waals surface area contributed by atoms with Gasteiger partial charge in [0.25, 0.3) is 10.1 Å². The fraction of sp³-hybridized carbons (Fsp3) is 0.889. The highest BCUT2D eigenvalue weighted by molar-refractivity contribution is 7.85. The van der Waals surface area contributed by atoms with Crippen molar-refractivity contribution in [3.05, 3.63) is 12.2 Å². The number of hydrogen-bond acceptors (Lipinski definition) is 9. The fourth-order valence-electron chi connectivity index (χ4n) is 4.26. The van der Waals surface area contributed by atoms with E-state index in [0.717, 1.165) is 32.1 Å². The lowest BCUT2D eigenvalue weighted by Crippen LogP contribution is -2.59. The molecular formula is C27H50O10S. The van der Waals surface area contributed by atoms with E-state index >= 15 is 0 Å². The van der Waals surface area contributed by atoms with Crippen molar-refractivity contribution in [2.75, 3.05) is 19.0 Å². The first-order valence-electron chi connectivity index (χ1n) is 14.2. The van der Waals surface area contributed by atoms with Crippen molar-refractivity contribution in [1.29, 1.82) is 0 Å². The molecule has 1 saturated heterocycles. The van der Waals surface area contributed by atoms with Crippen molar-refractivity contribution in [1.82, 2.24) is 0 Å². The van der Waals surface area contributed by atoms with Gasteiger partial charge in [0.15, 0.2) is 6.29 Å². The highest BCUT2D eigenvalue weighted by Crippen LogP contribution is 2.23. The van der Waals surface area contributed by atoms with Crippen molar-refractivity contribution in [3.63, 3.8) is 0 Å². The predicted molar refractivity (Wildman–Crippen MR) is 144 cm³/mol. The van der Waals surface area contributed by atoms with Crippen LogP contribution in [0.5, 0.6) is 0 Å². The number of aliphatic hydroxyl groups is 3. The molecule has 1 aliphatic heterocycles. The number of carbonyl (C=O) groups excluding carboxylic acids is 1. The third-order valence-corrected chi connectivity index (χ3v) is 7.27. The molecule has 0 aromatic heterocycles. The highest BCUT2D eigenvalue weighted by Gasteiger charge is 2.45. The van der Waals surface area contributed by atoms with Gasteiger partial charge in [-0.1, -0.05) is 70.4 Å². The van der Waals surface area contributed by atoms with E-state index in [1.54, 1.807) is 0 Å². The minimum absolute atomic E-state index is 0.00379. The standard InChI is InChI=1S/C27H50O10S/c1-2-3-4-5-6-7-8-9-10-11-12-13-14-15-16-18-23(28)35-19-17-20-36-27-26(31)25(30)24(29)22(37-27)21-38(32,33)34/h9-10,22,24-27,29-31H,2-8,11-21H2,1H3,(H,32,33,34)/b10-9-/t22-,24-,25+,26-,27+/m1/s1. The summed E-state index contributed by atoms with van der Waals surface area (Å²) in [5, 5.41) is 29.7. The van der Waals surface area contributed by atoms with Crippen molar-refractivity contribution >= 4 is 16.1 Å². The molecule has 10 nitrogen and oxygen atoms in total. The molecule has 1 fully saturated rings. The maximum Gasteiger partial charge on any atom is 0.305 e. The largest absolute Gasteiger partial charge is 0.466 e. The quantitative estimate of drug-likeness (QED) is 0.0659. The number of unbranched alkanes of at least 4 members (excludes halogenated alkanes) is 11. The molecule has 1 rings (SSSR count). The van der Waals surface area contributed by atoms with Gasteiger partial charge in [-0.3, -0.25) is 9.35 Å². The van der Waals surface area contributed by atoms with Crippen LogP contribution in [0.15, 0.2) is 12.2 Å². The Labute approximate surface area is 228 Å². The summed E-state index contributed by atoms with van der Waals surface area (Å²) in [5.41, 5.74) is 0. The van der Waals surface area contributed by atoms with Crippen molar-refractivity contribution in [2.24, 2.45) is 0 Å². The first-order chi connectivity index (χ1) is 18.2. The van der Waals surface area contributed by atoms with Crippen LogP contribution in [0.4, 0.5) is 0 Å². The van der Waals surface area contributed by atoms with Gasteiger partial charge in [0.05, 0.1) is 13.2 Å². The molecule has 0 unspecified atom stereocenters. The van der Waals surface area contributed by atoms with Gasteiger partial charge in [0.1, 0.15) is 30.2 Å². The molecule has 0 spiro atoms. The molecule has 0 bridgehead atoms. The number of hydrogen-bond donors (Lipinski definition) is 4. The van der Waals surface area contributed by atoms with Gasteiger partial charge in [0, 0.05) is 12.8 Å². The summed E-state index contributed by atoms with van der Waals surface area (Å²) in [6.07, 6.45) is 12.8. The molecule has 5 atom stereocenters. The molecule has 4 N–H and O–H groups in total. The molecule has 0 amide bonds. The second-order valence-electron chi connectivity index (χ2n) is 10.0. The lowest BCUT2D eigenvalue weighted by Gasteiger charge is -2.39. The number of ether oxygens (including phenoxy) is 3. The van der Waals surface area contributed by atoms with Crippen LogP contribution in [0.3, 0.4) is 0 Å².